The van der Waals surface area contributed by atoms with Crippen molar-refractivity contribution in [1.29, 1.82) is 0 Å². The molecule has 1 saturated carbocycles. The molecule has 1 aromatic heterocycles. The predicted octanol–water partition coefficient (Wildman–Crippen LogP) is 1.85. The molecule has 3 unspecified atom stereocenters. The topological polar surface area (TPSA) is 43.2 Å². The van der Waals surface area contributed by atoms with Crippen LogP contribution >= 0.6 is 0 Å². The van der Waals surface area contributed by atoms with Gasteiger partial charge in [0.05, 0.1) is 12.6 Å². The van der Waals surface area contributed by atoms with Crippen LogP contribution < -0.4 is 0 Å². The number of ether oxygens (including phenoxy) is 1. The van der Waals surface area contributed by atoms with E-state index in [0.717, 1.165) is 31.3 Å². The van der Waals surface area contributed by atoms with Crippen LogP contribution in [0.3, 0.4) is 0 Å². The number of hydrogen-bond donors (Lipinski definition) is 0. The fourth-order valence-electron chi connectivity index (χ4n) is 4.47. The Morgan fingerprint density at radius 3 is 2.85 bits per heavy atom. The van der Waals surface area contributed by atoms with Crippen LogP contribution in [0, 0.1) is 18.3 Å². The second kappa shape index (κ2) is 4.81. The van der Waals surface area contributed by atoms with Crippen molar-refractivity contribution in [1.82, 2.24) is 19.7 Å². The molecule has 2 aliphatic rings. The largest absolute Gasteiger partial charge is 0.377 e. The van der Waals surface area contributed by atoms with E-state index in [1.54, 1.807) is 0 Å². The van der Waals surface area contributed by atoms with Gasteiger partial charge >= 0.3 is 0 Å². The number of fused-ring (bicyclic) bond motifs is 1. The van der Waals surface area contributed by atoms with Gasteiger partial charge in [-0.05, 0) is 27.3 Å². The zero-order chi connectivity index (χ0) is 14.5. The van der Waals surface area contributed by atoms with Gasteiger partial charge in [0.25, 0.3) is 0 Å². The Morgan fingerprint density at radius 1 is 1.40 bits per heavy atom. The maximum Gasteiger partial charge on any atom is 0.147 e. The molecule has 0 spiro atoms. The van der Waals surface area contributed by atoms with E-state index < -0.39 is 0 Å². The third kappa shape index (κ3) is 1.91. The molecule has 5 nitrogen and oxygen atoms in total. The fraction of sp³-hybridized carbons (Fsp3) is 0.867. The van der Waals surface area contributed by atoms with Crippen LogP contribution in [0.25, 0.3) is 0 Å². The summed E-state index contributed by atoms with van der Waals surface area (Å²) in [5.41, 5.74) is 0.238. The van der Waals surface area contributed by atoms with Gasteiger partial charge in [-0.25, -0.2) is 0 Å². The van der Waals surface area contributed by atoms with Gasteiger partial charge in [0.1, 0.15) is 11.6 Å². The van der Waals surface area contributed by atoms with E-state index in [-0.39, 0.29) is 5.41 Å². The summed E-state index contributed by atoms with van der Waals surface area (Å²) in [4.78, 5) is 2.45. The molecule has 0 bridgehead atoms. The van der Waals surface area contributed by atoms with Gasteiger partial charge in [-0.1, -0.05) is 13.8 Å². The van der Waals surface area contributed by atoms with Crippen molar-refractivity contribution in [2.45, 2.75) is 59.4 Å². The summed E-state index contributed by atoms with van der Waals surface area (Å²) >= 11 is 0. The molecule has 5 heteroatoms. The SMILES string of the molecule is CCn1c(C)nnc1CN(C)C1C2CCOC2C1(C)C. The van der Waals surface area contributed by atoms with Crippen LogP contribution in [0.4, 0.5) is 0 Å². The van der Waals surface area contributed by atoms with Crippen LogP contribution in [0.1, 0.15) is 38.8 Å². The fourth-order valence-corrected chi connectivity index (χ4v) is 4.47. The summed E-state index contributed by atoms with van der Waals surface area (Å²) in [6.45, 7) is 11.6. The Morgan fingerprint density at radius 2 is 2.15 bits per heavy atom. The third-order valence-electron chi connectivity index (χ3n) is 5.23. The lowest BCUT2D eigenvalue weighted by Gasteiger charge is -2.57. The lowest BCUT2D eigenvalue weighted by Crippen LogP contribution is -2.65. The first-order chi connectivity index (χ1) is 9.46. The van der Waals surface area contributed by atoms with Crippen LogP contribution in [0.15, 0.2) is 0 Å². The van der Waals surface area contributed by atoms with Crippen molar-refractivity contribution in [3.05, 3.63) is 11.6 Å². The van der Waals surface area contributed by atoms with Crippen LogP contribution in [0.5, 0.6) is 0 Å². The Hall–Kier alpha value is -0.940. The minimum absolute atomic E-state index is 0.238. The first-order valence-electron chi connectivity index (χ1n) is 7.67. The number of hydrogen-bond acceptors (Lipinski definition) is 4. The van der Waals surface area contributed by atoms with E-state index in [0.29, 0.717) is 18.1 Å². The van der Waals surface area contributed by atoms with Crippen LogP contribution in [0.2, 0.25) is 0 Å². The summed E-state index contributed by atoms with van der Waals surface area (Å²) < 4.78 is 8.09. The maximum atomic E-state index is 5.89. The average Bonchev–Trinajstić information content (AvgIpc) is 2.95. The zero-order valence-electron chi connectivity index (χ0n) is 13.3. The highest BCUT2D eigenvalue weighted by molar-refractivity contribution is 5.12. The molecule has 0 radical (unpaired) electrons. The molecule has 20 heavy (non-hydrogen) atoms. The molecule has 112 valence electrons. The third-order valence-corrected chi connectivity index (χ3v) is 5.23. The van der Waals surface area contributed by atoms with Crippen LogP contribution in [-0.2, 0) is 17.8 Å². The summed E-state index contributed by atoms with van der Waals surface area (Å²) in [5.74, 6) is 2.77. The van der Waals surface area contributed by atoms with Gasteiger partial charge in [-0.2, -0.15) is 0 Å². The average molecular weight is 278 g/mol. The number of rotatable bonds is 4. The Balaban J connectivity index is 1.75. The lowest BCUT2D eigenvalue weighted by atomic mass is 9.57. The summed E-state index contributed by atoms with van der Waals surface area (Å²) in [5, 5.41) is 8.55. The number of aryl methyl sites for hydroxylation is 1. The van der Waals surface area contributed by atoms with E-state index >= 15 is 0 Å². The van der Waals surface area contributed by atoms with Gasteiger partial charge in [-0.15, -0.1) is 10.2 Å². The second-order valence-electron chi connectivity index (χ2n) is 6.83. The molecule has 1 aliphatic heterocycles. The highest BCUT2D eigenvalue weighted by Gasteiger charge is 2.60. The maximum absolute atomic E-state index is 5.89. The first-order valence-corrected chi connectivity index (χ1v) is 7.67. The predicted molar refractivity (Wildman–Crippen MR) is 77.3 cm³/mol. The summed E-state index contributed by atoms with van der Waals surface area (Å²) in [7, 11) is 2.21. The standard InChI is InChI=1S/C15H26N4O/c1-6-19-10(2)16-17-12(19)9-18(5)13-11-7-8-20-14(11)15(13,3)4/h11,13-14H,6-9H2,1-5H3. The molecule has 2 heterocycles. The van der Waals surface area contributed by atoms with Gasteiger partial charge in [-0.3, -0.25) is 4.90 Å². The molecule has 0 aromatic carbocycles. The van der Waals surface area contributed by atoms with Crippen molar-refractivity contribution < 1.29 is 4.74 Å². The Labute approximate surface area is 121 Å². The van der Waals surface area contributed by atoms with Crippen LogP contribution in [-0.4, -0.2) is 45.5 Å². The van der Waals surface area contributed by atoms with Crippen molar-refractivity contribution in [3.63, 3.8) is 0 Å². The van der Waals surface area contributed by atoms with Crippen molar-refractivity contribution in [2.75, 3.05) is 13.7 Å². The van der Waals surface area contributed by atoms with Crippen molar-refractivity contribution in [2.24, 2.45) is 11.3 Å². The normalized spacial score (nSPS) is 31.4. The number of nitrogens with zero attached hydrogens (tertiary/aromatic N) is 4. The van der Waals surface area contributed by atoms with Crippen molar-refractivity contribution >= 4 is 0 Å². The molecule has 1 aliphatic carbocycles. The van der Waals surface area contributed by atoms with E-state index in [4.69, 9.17) is 4.74 Å². The molecule has 1 aromatic rings. The lowest BCUT2D eigenvalue weighted by molar-refractivity contribution is -0.152. The molecule has 0 N–H and O–H groups in total. The van der Waals surface area contributed by atoms with E-state index in [1.165, 1.54) is 6.42 Å². The van der Waals surface area contributed by atoms with E-state index in [1.807, 2.05) is 6.92 Å². The first kappa shape index (κ1) is 14.0. The second-order valence-corrected chi connectivity index (χ2v) is 6.83. The van der Waals surface area contributed by atoms with Gasteiger partial charge in [0.2, 0.25) is 0 Å². The minimum Gasteiger partial charge on any atom is -0.377 e. The van der Waals surface area contributed by atoms with Crippen molar-refractivity contribution in [3.8, 4) is 0 Å². The van der Waals surface area contributed by atoms with Gasteiger partial charge < -0.3 is 9.30 Å². The highest BCUT2D eigenvalue weighted by atomic mass is 16.5. The summed E-state index contributed by atoms with van der Waals surface area (Å²) in [6, 6.07) is 0.581. The molecule has 3 rings (SSSR count). The minimum atomic E-state index is 0.238. The van der Waals surface area contributed by atoms with Gasteiger partial charge in [0.15, 0.2) is 0 Å². The molecule has 2 fully saturated rings. The quantitative estimate of drug-likeness (QED) is 0.843. The zero-order valence-corrected chi connectivity index (χ0v) is 13.3. The Kier molecular flexibility index (Phi) is 3.37. The monoisotopic (exact) mass is 278 g/mol. The number of aromatic nitrogens is 3. The van der Waals surface area contributed by atoms with Gasteiger partial charge in [0, 0.05) is 30.5 Å². The Bertz CT molecular complexity index is 496. The molecule has 0 amide bonds. The van der Waals surface area contributed by atoms with E-state index in [9.17, 15) is 0 Å². The molecule has 3 atom stereocenters. The van der Waals surface area contributed by atoms with E-state index in [2.05, 4.69) is 47.5 Å². The summed E-state index contributed by atoms with van der Waals surface area (Å²) in [6.07, 6.45) is 1.64. The highest BCUT2D eigenvalue weighted by Crippen LogP contribution is 2.54. The smallest absolute Gasteiger partial charge is 0.147 e. The molecular formula is C15H26N4O. The molecular weight excluding hydrogens is 252 g/mol. The molecule has 1 saturated heterocycles.